The second kappa shape index (κ2) is 2.81. The highest BCUT2D eigenvalue weighted by atomic mass is 16.5. The van der Waals surface area contributed by atoms with Gasteiger partial charge in [0.15, 0.2) is 0 Å². The molecule has 1 aliphatic rings. The number of carbonyl (C=O) groups is 1. The summed E-state index contributed by atoms with van der Waals surface area (Å²) < 4.78 is 4.67. The summed E-state index contributed by atoms with van der Waals surface area (Å²) >= 11 is 0. The SMILES string of the molecule is CN[C@H](C(=O)OC)C1(C)CC1. The summed E-state index contributed by atoms with van der Waals surface area (Å²) in [6.45, 7) is 2.10. The van der Waals surface area contributed by atoms with Crippen LogP contribution in [0.4, 0.5) is 0 Å². The number of nitrogens with one attached hydrogen (secondary N) is 1. The maximum atomic E-state index is 11.1. The van der Waals surface area contributed by atoms with Crippen LogP contribution in [0.2, 0.25) is 0 Å². The first-order valence-corrected chi connectivity index (χ1v) is 3.89. The van der Waals surface area contributed by atoms with E-state index in [9.17, 15) is 4.79 Å². The zero-order valence-corrected chi connectivity index (χ0v) is 7.31. The van der Waals surface area contributed by atoms with E-state index in [0.717, 1.165) is 12.8 Å². The van der Waals surface area contributed by atoms with E-state index >= 15 is 0 Å². The topological polar surface area (TPSA) is 38.3 Å². The summed E-state index contributed by atoms with van der Waals surface area (Å²) in [6, 6.07) is -0.118. The van der Waals surface area contributed by atoms with Crippen LogP contribution in [0.15, 0.2) is 0 Å². The van der Waals surface area contributed by atoms with Crippen molar-refractivity contribution >= 4 is 5.97 Å². The minimum absolute atomic E-state index is 0.118. The first-order valence-electron chi connectivity index (χ1n) is 3.89. The summed E-state index contributed by atoms with van der Waals surface area (Å²) in [7, 11) is 3.23. The van der Waals surface area contributed by atoms with Crippen molar-refractivity contribution in [2.24, 2.45) is 5.41 Å². The van der Waals surface area contributed by atoms with Crippen LogP contribution in [-0.4, -0.2) is 26.2 Å². The summed E-state index contributed by atoms with van der Waals surface area (Å²) in [6.07, 6.45) is 2.24. The first-order chi connectivity index (χ1) is 5.14. The van der Waals surface area contributed by atoms with Crippen molar-refractivity contribution in [1.82, 2.24) is 5.32 Å². The lowest BCUT2D eigenvalue weighted by molar-refractivity contribution is -0.144. The molecule has 0 spiro atoms. The summed E-state index contributed by atoms with van der Waals surface area (Å²) in [5.74, 6) is -0.146. The van der Waals surface area contributed by atoms with Gasteiger partial charge in [-0.05, 0) is 25.3 Å². The van der Waals surface area contributed by atoms with E-state index in [1.807, 2.05) is 0 Å². The van der Waals surface area contributed by atoms with Gasteiger partial charge in [-0.2, -0.15) is 0 Å². The van der Waals surface area contributed by atoms with Crippen molar-refractivity contribution in [3.63, 3.8) is 0 Å². The van der Waals surface area contributed by atoms with Gasteiger partial charge in [0, 0.05) is 0 Å². The maximum absolute atomic E-state index is 11.1. The Labute approximate surface area is 67.1 Å². The van der Waals surface area contributed by atoms with Gasteiger partial charge >= 0.3 is 5.97 Å². The molecule has 64 valence electrons. The van der Waals surface area contributed by atoms with Crippen LogP contribution in [-0.2, 0) is 9.53 Å². The predicted molar refractivity (Wildman–Crippen MR) is 42.2 cm³/mol. The molecule has 0 aromatic rings. The largest absolute Gasteiger partial charge is 0.468 e. The molecular formula is C8H15NO2. The lowest BCUT2D eigenvalue weighted by atomic mass is 9.99. The van der Waals surface area contributed by atoms with Gasteiger partial charge in [0.2, 0.25) is 0 Å². The van der Waals surface area contributed by atoms with E-state index in [2.05, 4.69) is 17.0 Å². The van der Waals surface area contributed by atoms with Crippen LogP contribution in [0.1, 0.15) is 19.8 Å². The zero-order chi connectivity index (χ0) is 8.48. The third-order valence-corrected chi connectivity index (χ3v) is 2.46. The Bertz CT molecular complexity index is 163. The highest BCUT2D eigenvalue weighted by Crippen LogP contribution is 2.48. The number of hydrogen-bond acceptors (Lipinski definition) is 3. The number of rotatable bonds is 3. The van der Waals surface area contributed by atoms with Gasteiger partial charge in [-0.15, -0.1) is 0 Å². The van der Waals surface area contributed by atoms with Gasteiger partial charge in [0.05, 0.1) is 7.11 Å². The minimum Gasteiger partial charge on any atom is -0.468 e. The lowest BCUT2D eigenvalue weighted by Gasteiger charge is -2.19. The summed E-state index contributed by atoms with van der Waals surface area (Å²) in [5, 5.41) is 2.98. The third kappa shape index (κ3) is 1.53. The molecule has 1 rings (SSSR count). The van der Waals surface area contributed by atoms with Gasteiger partial charge in [-0.3, -0.25) is 4.79 Å². The first kappa shape index (κ1) is 8.53. The van der Waals surface area contributed by atoms with Gasteiger partial charge in [-0.25, -0.2) is 0 Å². The van der Waals surface area contributed by atoms with Gasteiger partial charge < -0.3 is 10.1 Å². The van der Waals surface area contributed by atoms with Crippen molar-refractivity contribution in [1.29, 1.82) is 0 Å². The van der Waals surface area contributed by atoms with Crippen molar-refractivity contribution in [3.8, 4) is 0 Å². The molecule has 3 heteroatoms. The fraction of sp³-hybridized carbons (Fsp3) is 0.875. The number of esters is 1. The van der Waals surface area contributed by atoms with E-state index in [-0.39, 0.29) is 17.4 Å². The Morgan fingerprint density at radius 2 is 2.18 bits per heavy atom. The zero-order valence-electron chi connectivity index (χ0n) is 7.31. The molecule has 1 aliphatic carbocycles. The van der Waals surface area contributed by atoms with Gasteiger partial charge in [-0.1, -0.05) is 6.92 Å². The molecule has 0 saturated heterocycles. The Hall–Kier alpha value is -0.570. The summed E-state index contributed by atoms with van der Waals surface area (Å²) in [4.78, 5) is 11.1. The smallest absolute Gasteiger partial charge is 0.323 e. The highest BCUT2D eigenvalue weighted by Gasteiger charge is 2.48. The van der Waals surface area contributed by atoms with Gasteiger partial charge in [0.1, 0.15) is 6.04 Å². The molecule has 0 amide bonds. The van der Waals surface area contributed by atoms with Crippen molar-refractivity contribution < 1.29 is 9.53 Å². The van der Waals surface area contributed by atoms with Crippen LogP contribution in [0.3, 0.4) is 0 Å². The van der Waals surface area contributed by atoms with E-state index < -0.39 is 0 Å². The molecule has 0 unspecified atom stereocenters. The Morgan fingerprint density at radius 3 is 2.45 bits per heavy atom. The molecule has 1 atom stereocenters. The molecule has 1 fully saturated rings. The number of carbonyl (C=O) groups excluding carboxylic acids is 1. The average Bonchev–Trinajstić information content (AvgIpc) is 2.70. The quantitative estimate of drug-likeness (QED) is 0.608. The molecule has 0 radical (unpaired) electrons. The Morgan fingerprint density at radius 1 is 1.64 bits per heavy atom. The highest BCUT2D eigenvalue weighted by molar-refractivity contribution is 5.77. The van der Waals surface area contributed by atoms with Crippen molar-refractivity contribution in [2.75, 3.05) is 14.2 Å². The van der Waals surface area contributed by atoms with Crippen molar-refractivity contribution in [2.45, 2.75) is 25.8 Å². The third-order valence-electron chi connectivity index (χ3n) is 2.46. The minimum atomic E-state index is -0.146. The lowest BCUT2D eigenvalue weighted by Crippen LogP contribution is -2.41. The molecule has 0 heterocycles. The normalized spacial score (nSPS) is 22.5. The van der Waals surface area contributed by atoms with Crippen LogP contribution in [0.25, 0.3) is 0 Å². The number of methoxy groups -OCH3 is 1. The Balaban J connectivity index is 2.56. The van der Waals surface area contributed by atoms with Crippen LogP contribution in [0.5, 0.6) is 0 Å². The van der Waals surface area contributed by atoms with E-state index in [0.29, 0.717) is 0 Å². The van der Waals surface area contributed by atoms with Crippen LogP contribution in [0, 0.1) is 5.41 Å². The van der Waals surface area contributed by atoms with E-state index in [1.165, 1.54) is 7.11 Å². The maximum Gasteiger partial charge on any atom is 0.323 e. The van der Waals surface area contributed by atoms with Crippen LogP contribution < -0.4 is 5.32 Å². The number of likely N-dealkylation sites (N-methyl/N-ethyl adjacent to an activating group) is 1. The molecule has 1 N–H and O–H groups in total. The van der Waals surface area contributed by atoms with Crippen molar-refractivity contribution in [3.05, 3.63) is 0 Å². The van der Waals surface area contributed by atoms with E-state index in [4.69, 9.17) is 0 Å². The summed E-state index contributed by atoms with van der Waals surface area (Å²) in [5.41, 5.74) is 0.155. The molecule has 0 bridgehead atoms. The standard InChI is InChI=1S/C8H15NO2/c1-8(4-5-8)6(9-2)7(10)11-3/h6,9H,4-5H2,1-3H3/t6-/m1/s1. The molecule has 0 aromatic heterocycles. The predicted octanol–water partition coefficient (Wildman–Crippen LogP) is 0.547. The average molecular weight is 157 g/mol. The fourth-order valence-electron chi connectivity index (χ4n) is 1.35. The number of hydrogen-bond donors (Lipinski definition) is 1. The fourth-order valence-corrected chi connectivity index (χ4v) is 1.35. The molecule has 0 aromatic carbocycles. The Kier molecular flexibility index (Phi) is 2.18. The number of ether oxygens (including phenoxy) is 1. The van der Waals surface area contributed by atoms with E-state index in [1.54, 1.807) is 7.05 Å². The monoisotopic (exact) mass is 157 g/mol. The molecule has 0 aliphatic heterocycles. The molecule has 11 heavy (non-hydrogen) atoms. The molecule has 1 saturated carbocycles. The second-order valence-corrected chi connectivity index (χ2v) is 3.40. The molecular weight excluding hydrogens is 142 g/mol. The second-order valence-electron chi connectivity index (χ2n) is 3.40. The molecule has 3 nitrogen and oxygen atoms in total. The van der Waals surface area contributed by atoms with Gasteiger partial charge in [0.25, 0.3) is 0 Å². The van der Waals surface area contributed by atoms with Crippen LogP contribution >= 0.6 is 0 Å².